The molecule has 1 unspecified atom stereocenters. The number of carbonyl (C=O) groups is 1. The molecule has 1 aliphatic rings. The van der Waals surface area contributed by atoms with Gasteiger partial charge in [-0.1, -0.05) is 11.6 Å². The number of amides is 1. The van der Waals surface area contributed by atoms with Gasteiger partial charge in [-0.2, -0.15) is 0 Å². The maximum absolute atomic E-state index is 12.5. The largest absolute Gasteiger partial charge is 0.355 e. The van der Waals surface area contributed by atoms with Crippen molar-refractivity contribution >= 4 is 28.8 Å². The number of rotatable bonds is 5. The fourth-order valence-electron chi connectivity index (χ4n) is 3.79. The molecule has 1 aromatic carbocycles. The van der Waals surface area contributed by atoms with Gasteiger partial charge in [0.05, 0.1) is 11.2 Å². The second-order valence-corrected chi connectivity index (χ2v) is 7.79. The second-order valence-electron chi connectivity index (χ2n) is 7.35. The molecule has 9 heteroatoms. The molecular weight excluding hydrogens is 402 g/mol. The van der Waals surface area contributed by atoms with Crippen LogP contribution in [0.4, 0.5) is 5.82 Å². The molecule has 0 spiro atoms. The molecule has 1 atom stereocenters. The van der Waals surface area contributed by atoms with Crippen LogP contribution in [0.5, 0.6) is 0 Å². The highest BCUT2D eigenvalue weighted by molar-refractivity contribution is 6.30. The molecule has 1 amide bonds. The van der Waals surface area contributed by atoms with Crippen molar-refractivity contribution in [1.82, 2.24) is 29.5 Å². The molecule has 3 aromatic heterocycles. The first kappa shape index (κ1) is 18.6. The SMILES string of the molecule is O=C(NCC1CCN(c2nccn3cccc23)C1)c1ncn(-c2ccc(Cl)cc2)n1. The summed E-state index contributed by atoms with van der Waals surface area (Å²) in [6.07, 6.45) is 8.31. The van der Waals surface area contributed by atoms with E-state index in [1.807, 2.05) is 36.8 Å². The fraction of sp³-hybridized carbons (Fsp3) is 0.238. The summed E-state index contributed by atoms with van der Waals surface area (Å²) in [7, 11) is 0. The first-order chi connectivity index (χ1) is 14.7. The third-order valence-corrected chi connectivity index (χ3v) is 5.61. The third-order valence-electron chi connectivity index (χ3n) is 5.35. The van der Waals surface area contributed by atoms with E-state index in [0.717, 1.165) is 36.5 Å². The standard InChI is InChI=1S/C21H20ClN7O/c22-16-3-5-17(6-4-16)29-14-25-19(26-29)21(30)24-12-15-7-10-28(13-15)20-18-2-1-9-27(18)11-8-23-20/h1-6,8-9,11,14-15H,7,10,12-13H2,(H,24,30). The monoisotopic (exact) mass is 421 g/mol. The molecule has 1 fully saturated rings. The lowest BCUT2D eigenvalue weighted by molar-refractivity contribution is 0.0938. The van der Waals surface area contributed by atoms with Crippen LogP contribution in [-0.2, 0) is 0 Å². The molecule has 5 rings (SSSR count). The van der Waals surface area contributed by atoms with Crippen molar-refractivity contribution in [2.24, 2.45) is 5.92 Å². The van der Waals surface area contributed by atoms with Crippen molar-refractivity contribution in [3.63, 3.8) is 0 Å². The van der Waals surface area contributed by atoms with Crippen molar-refractivity contribution in [2.45, 2.75) is 6.42 Å². The summed E-state index contributed by atoms with van der Waals surface area (Å²) in [4.78, 5) is 23.5. The zero-order chi connectivity index (χ0) is 20.5. The van der Waals surface area contributed by atoms with Crippen molar-refractivity contribution in [1.29, 1.82) is 0 Å². The van der Waals surface area contributed by atoms with Crippen LogP contribution < -0.4 is 10.2 Å². The molecule has 152 valence electrons. The van der Waals surface area contributed by atoms with E-state index in [4.69, 9.17) is 11.6 Å². The summed E-state index contributed by atoms with van der Waals surface area (Å²) >= 11 is 5.91. The maximum Gasteiger partial charge on any atom is 0.290 e. The highest BCUT2D eigenvalue weighted by Gasteiger charge is 2.25. The molecule has 8 nitrogen and oxygen atoms in total. The number of fused-ring (bicyclic) bond motifs is 1. The Morgan fingerprint density at radius 2 is 2.03 bits per heavy atom. The zero-order valence-electron chi connectivity index (χ0n) is 16.1. The summed E-state index contributed by atoms with van der Waals surface area (Å²) in [5, 5.41) is 7.89. The Labute approximate surface area is 178 Å². The van der Waals surface area contributed by atoms with E-state index in [1.165, 1.54) is 6.33 Å². The lowest BCUT2D eigenvalue weighted by atomic mass is 10.1. The number of anilines is 1. The van der Waals surface area contributed by atoms with E-state index in [-0.39, 0.29) is 11.7 Å². The first-order valence-corrected chi connectivity index (χ1v) is 10.2. The van der Waals surface area contributed by atoms with Crippen LogP contribution in [0.1, 0.15) is 17.0 Å². The Kier molecular flexibility index (Phi) is 4.84. The molecule has 30 heavy (non-hydrogen) atoms. The molecule has 4 heterocycles. The van der Waals surface area contributed by atoms with Gasteiger partial charge < -0.3 is 14.6 Å². The van der Waals surface area contributed by atoms with Gasteiger partial charge in [0, 0.05) is 43.2 Å². The van der Waals surface area contributed by atoms with E-state index >= 15 is 0 Å². The van der Waals surface area contributed by atoms with Gasteiger partial charge in [0.25, 0.3) is 5.91 Å². The smallest absolute Gasteiger partial charge is 0.290 e. The Morgan fingerprint density at radius 1 is 1.17 bits per heavy atom. The number of hydrogen-bond acceptors (Lipinski definition) is 5. The van der Waals surface area contributed by atoms with Crippen LogP contribution in [0.2, 0.25) is 5.02 Å². The molecule has 1 saturated heterocycles. The van der Waals surface area contributed by atoms with Gasteiger partial charge in [-0.15, -0.1) is 5.10 Å². The van der Waals surface area contributed by atoms with Gasteiger partial charge in [-0.05, 0) is 48.7 Å². The zero-order valence-corrected chi connectivity index (χ0v) is 16.9. The lowest BCUT2D eigenvalue weighted by Gasteiger charge is -2.18. The van der Waals surface area contributed by atoms with Crippen molar-refractivity contribution in [2.75, 3.05) is 24.5 Å². The minimum absolute atomic E-state index is 0.152. The second kappa shape index (κ2) is 7.79. The maximum atomic E-state index is 12.5. The quantitative estimate of drug-likeness (QED) is 0.536. The summed E-state index contributed by atoms with van der Waals surface area (Å²) in [6, 6.07) is 11.3. The molecule has 1 aliphatic heterocycles. The highest BCUT2D eigenvalue weighted by atomic mass is 35.5. The Balaban J connectivity index is 1.19. The fourth-order valence-corrected chi connectivity index (χ4v) is 3.92. The minimum atomic E-state index is -0.270. The summed E-state index contributed by atoms with van der Waals surface area (Å²) in [6.45, 7) is 2.35. The van der Waals surface area contributed by atoms with Gasteiger partial charge in [-0.25, -0.2) is 14.6 Å². The summed E-state index contributed by atoms with van der Waals surface area (Å²) < 4.78 is 3.63. The number of nitrogens with one attached hydrogen (secondary N) is 1. The third kappa shape index (κ3) is 3.61. The van der Waals surface area contributed by atoms with Crippen LogP contribution in [0, 0.1) is 5.92 Å². The van der Waals surface area contributed by atoms with Gasteiger partial charge in [-0.3, -0.25) is 4.79 Å². The van der Waals surface area contributed by atoms with E-state index in [1.54, 1.807) is 16.8 Å². The predicted molar refractivity (Wildman–Crippen MR) is 114 cm³/mol. The average molecular weight is 422 g/mol. The van der Waals surface area contributed by atoms with Crippen molar-refractivity contribution < 1.29 is 4.79 Å². The molecular formula is C21H20ClN7O. The van der Waals surface area contributed by atoms with Crippen LogP contribution in [0.25, 0.3) is 11.2 Å². The van der Waals surface area contributed by atoms with Gasteiger partial charge in [0.15, 0.2) is 5.82 Å². The predicted octanol–water partition coefficient (Wildman–Crippen LogP) is 2.82. The Bertz CT molecular complexity index is 1180. The molecule has 1 N–H and O–H groups in total. The summed E-state index contributed by atoms with van der Waals surface area (Å²) in [5.74, 6) is 1.22. The Morgan fingerprint density at radius 3 is 2.90 bits per heavy atom. The number of benzene rings is 1. The topological polar surface area (TPSA) is 80.4 Å². The van der Waals surface area contributed by atoms with E-state index in [0.29, 0.717) is 17.5 Å². The van der Waals surface area contributed by atoms with Gasteiger partial charge >= 0.3 is 0 Å². The van der Waals surface area contributed by atoms with Crippen LogP contribution >= 0.6 is 11.6 Å². The highest BCUT2D eigenvalue weighted by Crippen LogP contribution is 2.25. The minimum Gasteiger partial charge on any atom is -0.355 e. The molecule has 0 radical (unpaired) electrons. The molecule has 0 aliphatic carbocycles. The first-order valence-electron chi connectivity index (χ1n) is 9.80. The Hall–Kier alpha value is -3.39. The van der Waals surface area contributed by atoms with E-state index in [9.17, 15) is 4.79 Å². The van der Waals surface area contributed by atoms with Crippen molar-refractivity contribution in [3.8, 4) is 5.69 Å². The molecule has 0 bridgehead atoms. The number of nitrogens with zero attached hydrogens (tertiary/aromatic N) is 6. The van der Waals surface area contributed by atoms with Crippen LogP contribution in [0.3, 0.4) is 0 Å². The lowest BCUT2D eigenvalue weighted by Crippen LogP contribution is -2.32. The number of hydrogen-bond donors (Lipinski definition) is 1. The van der Waals surface area contributed by atoms with Crippen LogP contribution in [-0.4, -0.2) is 49.7 Å². The molecule has 0 saturated carbocycles. The van der Waals surface area contributed by atoms with Gasteiger partial charge in [0.1, 0.15) is 6.33 Å². The van der Waals surface area contributed by atoms with Crippen molar-refractivity contribution in [3.05, 3.63) is 72.2 Å². The normalized spacial score (nSPS) is 16.3. The number of halogens is 1. The number of aromatic nitrogens is 5. The van der Waals surface area contributed by atoms with Gasteiger partial charge in [0.2, 0.25) is 5.82 Å². The van der Waals surface area contributed by atoms with E-state index in [2.05, 4.69) is 35.8 Å². The van der Waals surface area contributed by atoms with Crippen LogP contribution in [0.15, 0.2) is 61.3 Å². The summed E-state index contributed by atoms with van der Waals surface area (Å²) in [5.41, 5.74) is 1.89. The average Bonchev–Trinajstić information content (AvgIpc) is 3.52. The molecule has 4 aromatic rings. The number of carbonyl (C=O) groups excluding carboxylic acids is 1. The van der Waals surface area contributed by atoms with E-state index < -0.39 is 0 Å².